The van der Waals surface area contributed by atoms with Crippen molar-refractivity contribution in [3.05, 3.63) is 65.7 Å². The predicted octanol–water partition coefficient (Wildman–Crippen LogP) is 3.23. The lowest BCUT2D eigenvalue weighted by Gasteiger charge is -2.07. The van der Waals surface area contributed by atoms with E-state index in [1.54, 1.807) is 44.3 Å². The van der Waals surface area contributed by atoms with Crippen molar-refractivity contribution in [1.82, 2.24) is 25.4 Å². The van der Waals surface area contributed by atoms with Gasteiger partial charge in [0.05, 0.1) is 0 Å². The second kappa shape index (κ2) is 7.03. The SMILES string of the molecule is Cc1onc(-c2ccc(F)cc2)c1C(=O)Nc1cccc(-c2nnnn2C)c1. The molecule has 0 saturated heterocycles. The van der Waals surface area contributed by atoms with E-state index in [2.05, 4.69) is 26.0 Å². The van der Waals surface area contributed by atoms with Crippen molar-refractivity contribution in [3.8, 4) is 22.6 Å². The second-order valence-electron chi connectivity index (χ2n) is 6.13. The van der Waals surface area contributed by atoms with Crippen LogP contribution in [0.3, 0.4) is 0 Å². The molecular formula is C19H15FN6O2. The highest BCUT2D eigenvalue weighted by Crippen LogP contribution is 2.27. The highest BCUT2D eigenvalue weighted by molar-refractivity contribution is 6.08. The summed E-state index contributed by atoms with van der Waals surface area (Å²) in [6, 6.07) is 12.9. The number of carbonyl (C=O) groups excluding carboxylic acids is 1. The Morgan fingerprint density at radius 1 is 1.14 bits per heavy atom. The minimum absolute atomic E-state index is 0.289. The zero-order chi connectivity index (χ0) is 19.7. The first kappa shape index (κ1) is 17.5. The van der Waals surface area contributed by atoms with Crippen LogP contribution in [0, 0.1) is 12.7 Å². The topological polar surface area (TPSA) is 98.7 Å². The third-order valence-electron chi connectivity index (χ3n) is 4.21. The lowest BCUT2D eigenvalue weighted by Crippen LogP contribution is -2.13. The molecule has 4 aromatic rings. The number of hydrogen-bond acceptors (Lipinski definition) is 6. The van der Waals surface area contributed by atoms with E-state index < -0.39 is 0 Å². The predicted molar refractivity (Wildman–Crippen MR) is 98.8 cm³/mol. The highest BCUT2D eigenvalue weighted by Gasteiger charge is 2.22. The molecule has 0 fully saturated rings. The van der Waals surface area contributed by atoms with Gasteiger partial charge in [0.1, 0.15) is 22.8 Å². The third kappa shape index (κ3) is 3.25. The molecule has 0 radical (unpaired) electrons. The van der Waals surface area contributed by atoms with Crippen LogP contribution in [0.4, 0.5) is 10.1 Å². The van der Waals surface area contributed by atoms with Gasteiger partial charge in [0.2, 0.25) is 0 Å². The number of rotatable bonds is 4. The van der Waals surface area contributed by atoms with Gasteiger partial charge in [-0.2, -0.15) is 0 Å². The summed E-state index contributed by atoms with van der Waals surface area (Å²) in [6.45, 7) is 1.65. The molecule has 4 rings (SSSR count). The van der Waals surface area contributed by atoms with E-state index in [1.165, 1.54) is 16.8 Å². The Balaban J connectivity index is 1.64. The Kier molecular flexibility index (Phi) is 4.40. The first-order chi connectivity index (χ1) is 13.5. The molecule has 2 aromatic carbocycles. The zero-order valence-electron chi connectivity index (χ0n) is 15.0. The van der Waals surface area contributed by atoms with E-state index >= 15 is 0 Å². The normalized spacial score (nSPS) is 10.8. The summed E-state index contributed by atoms with van der Waals surface area (Å²) >= 11 is 0. The number of benzene rings is 2. The molecule has 1 N–H and O–H groups in total. The monoisotopic (exact) mass is 378 g/mol. The summed E-state index contributed by atoms with van der Waals surface area (Å²) in [5.41, 5.74) is 2.55. The molecule has 9 heteroatoms. The number of aromatic nitrogens is 5. The fourth-order valence-corrected chi connectivity index (χ4v) is 2.85. The Morgan fingerprint density at radius 3 is 2.64 bits per heavy atom. The standard InChI is InChI=1S/C19H15FN6O2/c1-11-16(17(23-28-11)12-6-8-14(20)9-7-12)19(27)21-15-5-3-4-13(10-15)18-22-24-25-26(18)2/h3-10H,1-2H3,(H,21,27). The van der Waals surface area contributed by atoms with Gasteiger partial charge >= 0.3 is 0 Å². The summed E-state index contributed by atoms with van der Waals surface area (Å²) in [6.07, 6.45) is 0. The van der Waals surface area contributed by atoms with Crippen LogP contribution in [0.15, 0.2) is 53.1 Å². The van der Waals surface area contributed by atoms with Crippen molar-refractivity contribution in [3.63, 3.8) is 0 Å². The van der Waals surface area contributed by atoms with Gasteiger partial charge in [0.25, 0.3) is 5.91 Å². The maximum Gasteiger partial charge on any atom is 0.261 e. The largest absolute Gasteiger partial charge is 0.360 e. The van der Waals surface area contributed by atoms with Crippen LogP contribution >= 0.6 is 0 Å². The van der Waals surface area contributed by atoms with E-state index in [4.69, 9.17) is 4.52 Å². The van der Waals surface area contributed by atoms with Crippen LogP contribution in [-0.2, 0) is 7.05 Å². The zero-order valence-corrected chi connectivity index (χ0v) is 15.0. The summed E-state index contributed by atoms with van der Waals surface area (Å²) in [5.74, 6) is 0.186. The van der Waals surface area contributed by atoms with Gasteiger partial charge < -0.3 is 9.84 Å². The number of nitrogens with zero attached hydrogens (tertiary/aromatic N) is 5. The first-order valence-electron chi connectivity index (χ1n) is 8.39. The lowest BCUT2D eigenvalue weighted by atomic mass is 10.1. The fourth-order valence-electron chi connectivity index (χ4n) is 2.85. The van der Waals surface area contributed by atoms with E-state index in [0.717, 1.165) is 5.56 Å². The van der Waals surface area contributed by atoms with Crippen molar-refractivity contribution in [2.24, 2.45) is 7.05 Å². The van der Waals surface area contributed by atoms with Crippen molar-refractivity contribution in [1.29, 1.82) is 0 Å². The van der Waals surface area contributed by atoms with E-state index in [1.807, 2.05) is 6.07 Å². The molecule has 0 aliphatic carbocycles. The smallest absolute Gasteiger partial charge is 0.261 e. The van der Waals surface area contributed by atoms with E-state index in [-0.39, 0.29) is 17.3 Å². The number of anilines is 1. The Bertz CT molecular complexity index is 1150. The van der Waals surface area contributed by atoms with E-state index in [9.17, 15) is 9.18 Å². The molecule has 140 valence electrons. The minimum Gasteiger partial charge on any atom is -0.360 e. The number of halogens is 1. The Morgan fingerprint density at radius 2 is 1.93 bits per heavy atom. The fraction of sp³-hybridized carbons (Fsp3) is 0.105. The third-order valence-corrected chi connectivity index (χ3v) is 4.21. The lowest BCUT2D eigenvalue weighted by molar-refractivity contribution is 0.102. The molecule has 1 amide bonds. The number of nitrogens with one attached hydrogen (secondary N) is 1. The molecule has 0 spiro atoms. The molecule has 0 unspecified atom stereocenters. The number of tetrazole rings is 1. The van der Waals surface area contributed by atoms with Gasteiger partial charge in [-0.25, -0.2) is 9.07 Å². The quantitative estimate of drug-likeness (QED) is 0.585. The van der Waals surface area contributed by atoms with Crippen LogP contribution < -0.4 is 5.32 Å². The summed E-state index contributed by atoms with van der Waals surface area (Å²) in [7, 11) is 1.73. The van der Waals surface area contributed by atoms with E-state index in [0.29, 0.717) is 28.5 Å². The highest BCUT2D eigenvalue weighted by atomic mass is 19.1. The molecule has 0 atom stereocenters. The maximum atomic E-state index is 13.2. The van der Waals surface area contributed by atoms with Crippen molar-refractivity contribution in [2.45, 2.75) is 6.92 Å². The van der Waals surface area contributed by atoms with Gasteiger partial charge in [-0.15, -0.1) is 5.10 Å². The summed E-state index contributed by atoms with van der Waals surface area (Å²) in [4.78, 5) is 12.9. The van der Waals surface area contributed by atoms with Gasteiger partial charge in [-0.1, -0.05) is 17.3 Å². The van der Waals surface area contributed by atoms with Crippen LogP contribution in [0.25, 0.3) is 22.6 Å². The summed E-state index contributed by atoms with van der Waals surface area (Å²) < 4.78 is 19.9. The van der Waals surface area contributed by atoms with Crippen molar-refractivity contribution < 1.29 is 13.7 Å². The maximum absolute atomic E-state index is 13.2. The Labute approximate surface area is 159 Å². The number of hydrogen-bond donors (Lipinski definition) is 1. The molecule has 2 aromatic heterocycles. The summed E-state index contributed by atoms with van der Waals surface area (Å²) in [5, 5.41) is 18.2. The van der Waals surface area contributed by atoms with Crippen molar-refractivity contribution in [2.75, 3.05) is 5.32 Å². The first-order valence-corrected chi connectivity index (χ1v) is 8.39. The van der Waals surface area contributed by atoms with Crippen LogP contribution in [0.2, 0.25) is 0 Å². The average molecular weight is 378 g/mol. The number of aryl methyl sites for hydroxylation is 2. The molecule has 28 heavy (non-hydrogen) atoms. The minimum atomic E-state index is -0.383. The van der Waals surface area contributed by atoms with Gasteiger partial charge in [0, 0.05) is 23.9 Å². The molecule has 0 aliphatic heterocycles. The average Bonchev–Trinajstić information content (AvgIpc) is 3.28. The molecule has 0 bridgehead atoms. The van der Waals surface area contributed by atoms with Crippen LogP contribution in [-0.4, -0.2) is 31.3 Å². The van der Waals surface area contributed by atoms with Gasteiger partial charge in [-0.3, -0.25) is 4.79 Å². The molecule has 8 nitrogen and oxygen atoms in total. The molecule has 0 saturated carbocycles. The van der Waals surface area contributed by atoms with Gasteiger partial charge in [0.15, 0.2) is 5.82 Å². The molecule has 0 aliphatic rings. The van der Waals surface area contributed by atoms with Crippen LogP contribution in [0.1, 0.15) is 16.1 Å². The number of amides is 1. The molecular weight excluding hydrogens is 363 g/mol. The van der Waals surface area contributed by atoms with Crippen LogP contribution in [0.5, 0.6) is 0 Å². The van der Waals surface area contributed by atoms with Crippen molar-refractivity contribution >= 4 is 11.6 Å². The van der Waals surface area contributed by atoms with Gasteiger partial charge in [-0.05, 0) is 53.7 Å². The Hall–Kier alpha value is -3.88. The molecule has 2 heterocycles. The number of carbonyl (C=O) groups is 1. The second-order valence-corrected chi connectivity index (χ2v) is 6.13.